The predicted molar refractivity (Wildman–Crippen MR) is 94.4 cm³/mol. The molecule has 1 aromatic heterocycles. The van der Waals surface area contributed by atoms with Crippen LogP contribution < -0.4 is 5.32 Å². The summed E-state index contributed by atoms with van der Waals surface area (Å²) in [6, 6.07) is 0. The predicted octanol–water partition coefficient (Wildman–Crippen LogP) is 1.55. The molecule has 2 aliphatic rings. The molecule has 0 spiro atoms. The molecule has 0 radical (unpaired) electrons. The Labute approximate surface area is 147 Å². The number of amides is 1. The molecule has 24 heavy (non-hydrogen) atoms. The van der Waals surface area contributed by atoms with Gasteiger partial charge in [-0.2, -0.15) is 11.8 Å². The highest BCUT2D eigenvalue weighted by molar-refractivity contribution is 7.99. The summed E-state index contributed by atoms with van der Waals surface area (Å²) in [5.74, 6) is 3.13. The largest absolute Gasteiger partial charge is 0.381 e. The highest BCUT2D eigenvalue weighted by Crippen LogP contribution is 2.30. The summed E-state index contributed by atoms with van der Waals surface area (Å²) in [5.41, 5.74) is 1.76. The number of carbonyl (C=O) groups excluding carboxylic acids is 1. The van der Waals surface area contributed by atoms with Crippen LogP contribution in [0.3, 0.4) is 0 Å². The van der Waals surface area contributed by atoms with Gasteiger partial charge in [-0.1, -0.05) is 5.16 Å². The molecule has 3 heterocycles. The molecule has 0 saturated carbocycles. The lowest BCUT2D eigenvalue weighted by atomic mass is 9.87. The standard InChI is InChI=1S/C17H27N3O3S/c1-13-15(14(2)23-19-13)11-16(21)18-12-17(3-7-22-8-4-17)20-5-9-24-10-6-20/h3-12H2,1-2H3,(H,18,21). The van der Waals surface area contributed by atoms with E-state index in [1.54, 1.807) is 0 Å². The molecule has 0 aliphatic carbocycles. The summed E-state index contributed by atoms with van der Waals surface area (Å²) in [6.45, 7) is 8.20. The van der Waals surface area contributed by atoms with Crippen LogP contribution in [-0.2, 0) is 16.0 Å². The lowest BCUT2D eigenvalue weighted by Crippen LogP contribution is -2.60. The number of rotatable bonds is 5. The van der Waals surface area contributed by atoms with Crippen LogP contribution in [0.25, 0.3) is 0 Å². The summed E-state index contributed by atoms with van der Waals surface area (Å²) < 4.78 is 10.7. The fourth-order valence-corrected chi connectivity index (χ4v) is 4.54. The second-order valence-electron chi connectivity index (χ2n) is 6.69. The minimum Gasteiger partial charge on any atom is -0.381 e. The van der Waals surface area contributed by atoms with E-state index in [0.717, 1.165) is 56.2 Å². The third kappa shape index (κ3) is 3.95. The minimum absolute atomic E-state index is 0.0432. The van der Waals surface area contributed by atoms with Gasteiger partial charge >= 0.3 is 0 Å². The Hall–Kier alpha value is -1.05. The van der Waals surface area contributed by atoms with Crippen molar-refractivity contribution < 1.29 is 14.1 Å². The molecule has 2 aliphatic heterocycles. The molecule has 0 aromatic carbocycles. The number of carbonyl (C=O) groups is 1. The zero-order valence-electron chi connectivity index (χ0n) is 14.6. The number of ether oxygens (including phenoxy) is 1. The van der Waals surface area contributed by atoms with Gasteiger partial charge in [-0.3, -0.25) is 9.69 Å². The molecular formula is C17H27N3O3S. The number of nitrogens with zero attached hydrogens (tertiary/aromatic N) is 2. The molecule has 2 fully saturated rings. The zero-order valence-corrected chi connectivity index (χ0v) is 15.4. The van der Waals surface area contributed by atoms with E-state index in [1.807, 2.05) is 25.6 Å². The molecule has 0 unspecified atom stereocenters. The van der Waals surface area contributed by atoms with E-state index in [9.17, 15) is 4.79 Å². The van der Waals surface area contributed by atoms with E-state index >= 15 is 0 Å². The second kappa shape index (κ2) is 7.89. The van der Waals surface area contributed by atoms with Gasteiger partial charge in [0, 0.05) is 55.5 Å². The summed E-state index contributed by atoms with van der Waals surface area (Å²) in [7, 11) is 0. The van der Waals surface area contributed by atoms with Crippen molar-refractivity contribution in [2.75, 3.05) is 44.4 Å². The minimum atomic E-state index is 0.0432. The van der Waals surface area contributed by atoms with Crippen LogP contribution in [0.1, 0.15) is 29.9 Å². The zero-order chi connectivity index (χ0) is 17.0. The van der Waals surface area contributed by atoms with Crippen LogP contribution in [-0.4, -0.2) is 65.9 Å². The van der Waals surface area contributed by atoms with Gasteiger partial charge in [-0.15, -0.1) is 0 Å². The molecule has 2 saturated heterocycles. The number of hydrogen-bond acceptors (Lipinski definition) is 6. The Kier molecular flexibility index (Phi) is 5.84. The van der Waals surface area contributed by atoms with Crippen molar-refractivity contribution in [3.8, 4) is 0 Å². The van der Waals surface area contributed by atoms with E-state index < -0.39 is 0 Å². The molecular weight excluding hydrogens is 326 g/mol. The Morgan fingerprint density at radius 3 is 2.62 bits per heavy atom. The summed E-state index contributed by atoms with van der Waals surface area (Å²) in [6.07, 6.45) is 2.32. The molecule has 1 aromatic rings. The van der Waals surface area contributed by atoms with Gasteiger partial charge in [0.1, 0.15) is 5.76 Å². The van der Waals surface area contributed by atoms with E-state index in [4.69, 9.17) is 9.26 Å². The Morgan fingerprint density at radius 2 is 2.00 bits per heavy atom. The first kappa shape index (κ1) is 17.8. The van der Waals surface area contributed by atoms with Gasteiger partial charge in [-0.25, -0.2) is 0 Å². The van der Waals surface area contributed by atoms with Crippen molar-refractivity contribution in [2.24, 2.45) is 0 Å². The topological polar surface area (TPSA) is 67.6 Å². The van der Waals surface area contributed by atoms with Crippen LogP contribution in [0.5, 0.6) is 0 Å². The van der Waals surface area contributed by atoms with Gasteiger partial charge in [0.25, 0.3) is 0 Å². The van der Waals surface area contributed by atoms with Crippen molar-refractivity contribution in [3.63, 3.8) is 0 Å². The van der Waals surface area contributed by atoms with Crippen molar-refractivity contribution in [1.29, 1.82) is 0 Å². The highest BCUT2D eigenvalue weighted by Gasteiger charge is 2.39. The first-order valence-electron chi connectivity index (χ1n) is 8.70. The maximum atomic E-state index is 12.4. The maximum absolute atomic E-state index is 12.4. The average molecular weight is 353 g/mol. The van der Waals surface area contributed by atoms with E-state index in [-0.39, 0.29) is 11.4 Å². The molecule has 134 valence electrons. The lowest BCUT2D eigenvalue weighted by molar-refractivity contribution is -0.121. The normalized spacial score (nSPS) is 21.6. The Balaban J connectivity index is 1.61. The van der Waals surface area contributed by atoms with Crippen molar-refractivity contribution in [1.82, 2.24) is 15.4 Å². The van der Waals surface area contributed by atoms with Crippen molar-refractivity contribution in [3.05, 3.63) is 17.0 Å². The molecule has 6 nitrogen and oxygen atoms in total. The SMILES string of the molecule is Cc1noc(C)c1CC(=O)NCC1(N2CCSCC2)CCOCC1. The molecule has 3 rings (SSSR count). The van der Waals surface area contributed by atoms with Crippen molar-refractivity contribution in [2.45, 2.75) is 38.6 Å². The van der Waals surface area contributed by atoms with Gasteiger partial charge in [0.15, 0.2) is 0 Å². The molecule has 0 atom stereocenters. The molecule has 7 heteroatoms. The number of aromatic nitrogens is 1. The number of thioether (sulfide) groups is 1. The van der Waals surface area contributed by atoms with E-state index in [2.05, 4.69) is 15.4 Å². The maximum Gasteiger partial charge on any atom is 0.224 e. The number of aryl methyl sites for hydroxylation is 2. The second-order valence-corrected chi connectivity index (χ2v) is 7.92. The van der Waals surface area contributed by atoms with Gasteiger partial charge in [0.2, 0.25) is 5.91 Å². The monoisotopic (exact) mass is 353 g/mol. The van der Waals surface area contributed by atoms with Crippen LogP contribution >= 0.6 is 11.8 Å². The molecule has 1 amide bonds. The van der Waals surface area contributed by atoms with Crippen LogP contribution in [0.4, 0.5) is 0 Å². The summed E-state index contributed by atoms with van der Waals surface area (Å²) in [4.78, 5) is 15.0. The third-order valence-electron chi connectivity index (χ3n) is 5.24. The fourth-order valence-electron chi connectivity index (χ4n) is 3.63. The van der Waals surface area contributed by atoms with Gasteiger partial charge < -0.3 is 14.6 Å². The van der Waals surface area contributed by atoms with E-state index in [1.165, 1.54) is 11.5 Å². The van der Waals surface area contributed by atoms with Crippen LogP contribution in [0.15, 0.2) is 4.52 Å². The number of nitrogens with one attached hydrogen (secondary N) is 1. The van der Waals surface area contributed by atoms with Crippen LogP contribution in [0.2, 0.25) is 0 Å². The number of hydrogen-bond donors (Lipinski definition) is 1. The first-order chi connectivity index (χ1) is 11.6. The Bertz CT molecular complexity index is 544. The smallest absolute Gasteiger partial charge is 0.224 e. The Morgan fingerprint density at radius 1 is 1.29 bits per heavy atom. The van der Waals surface area contributed by atoms with Crippen LogP contribution in [0, 0.1) is 13.8 Å². The highest BCUT2D eigenvalue weighted by atomic mass is 32.2. The van der Waals surface area contributed by atoms with Gasteiger partial charge in [0.05, 0.1) is 12.1 Å². The third-order valence-corrected chi connectivity index (χ3v) is 6.18. The van der Waals surface area contributed by atoms with E-state index in [0.29, 0.717) is 13.0 Å². The molecule has 1 N–H and O–H groups in total. The lowest BCUT2D eigenvalue weighted by Gasteiger charge is -2.48. The van der Waals surface area contributed by atoms with Gasteiger partial charge in [-0.05, 0) is 26.7 Å². The van der Waals surface area contributed by atoms with Crippen molar-refractivity contribution >= 4 is 17.7 Å². The quantitative estimate of drug-likeness (QED) is 0.866. The molecule has 0 bridgehead atoms. The first-order valence-corrected chi connectivity index (χ1v) is 9.85. The summed E-state index contributed by atoms with van der Waals surface area (Å²) in [5, 5.41) is 7.10. The average Bonchev–Trinajstić information content (AvgIpc) is 2.93. The fraction of sp³-hybridized carbons (Fsp3) is 0.765. The summed E-state index contributed by atoms with van der Waals surface area (Å²) >= 11 is 2.01.